The van der Waals surface area contributed by atoms with Crippen LogP contribution in [0.1, 0.15) is 21.7 Å². The number of aliphatic hydroxyl groups is 1. The first-order valence-corrected chi connectivity index (χ1v) is 7.59. The maximum atomic E-state index is 12.5. The van der Waals surface area contributed by atoms with E-state index in [0.717, 1.165) is 11.1 Å². The molecule has 126 valence electrons. The van der Waals surface area contributed by atoms with Crippen molar-refractivity contribution in [3.8, 4) is 17.0 Å². The molecular formula is C18H16N4O3. The molecule has 7 heteroatoms. The molecule has 0 aliphatic heterocycles. The van der Waals surface area contributed by atoms with Crippen molar-refractivity contribution in [1.29, 1.82) is 0 Å². The first-order valence-electron chi connectivity index (χ1n) is 7.59. The second kappa shape index (κ2) is 7.59. The predicted octanol–water partition coefficient (Wildman–Crippen LogP) is 1.86. The Morgan fingerprint density at radius 3 is 2.84 bits per heavy atom. The zero-order chi connectivity index (χ0) is 17.6. The summed E-state index contributed by atoms with van der Waals surface area (Å²) < 4.78 is 5.12. The van der Waals surface area contributed by atoms with E-state index in [2.05, 4.69) is 19.9 Å². The topological polar surface area (TPSA) is 98.1 Å². The van der Waals surface area contributed by atoms with E-state index in [9.17, 15) is 9.90 Å². The highest BCUT2D eigenvalue weighted by atomic mass is 16.5. The molecule has 25 heavy (non-hydrogen) atoms. The highest BCUT2D eigenvalue weighted by molar-refractivity contribution is 5.96. The van der Waals surface area contributed by atoms with Crippen LogP contribution in [0.15, 0.2) is 49.2 Å². The number of hydrogen-bond donors (Lipinski definition) is 1. The molecule has 0 saturated carbocycles. The maximum Gasteiger partial charge on any atom is 0.185 e. The van der Waals surface area contributed by atoms with Crippen LogP contribution in [0.2, 0.25) is 0 Å². The average molecular weight is 336 g/mol. The van der Waals surface area contributed by atoms with E-state index in [1.165, 1.54) is 6.33 Å². The second-order valence-corrected chi connectivity index (χ2v) is 5.32. The fourth-order valence-corrected chi connectivity index (χ4v) is 2.34. The lowest BCUT2D eigenvalue weighted by Crippen LogP contribution is -2.07. The van der Waals surface area contributed by atoms with Gasteiger partial charge >= 0.3 is 0 Å². The summed E-state index contributed by atoms with van der Waals surface area (Å²) in [5, 5.41) is 9.19. The minimum atomic E-state index is -0.159. The van der Waals surface area contributed by atoms with Crippen LogP contribution >= 0.6 is 0 Å². The third kappa shape index (κ3) is 4.02. The molecule has 0 radical (unpaired) electrons. The van der Waals surface area contributed by atoms with Crippen molar-refractivity contribution < 1.29 is 14.6 Å². The van der Waals surface area contributed by atoms with Crippen LogP contribution in [0.25, 0.3) is 11.3 Å². The van der Waals surface area contributed by atoms with Crippen molar-refractivity contribution in [2.24, 2.45) is 0 Å². The Hall–Kier alpha value is -3.19. The number of methoxy groups -OCH3 is 1. The number of Topliss-reactive ketones (excluding diaryl/α,β-unsaturated/α-hetero) is 1. The average Bonchev–Trinajstić information content (AvgIpc) is 2.68. The molecule has 0 saturated heterocycles. The first-order chi connectivity index (χ1) is 12.2. The maximum absolute atomic E-state index is 12.5. The van der Waals surface area contributed by atoms with E-state index in [0.29, 0.717) is 22.8 Å². The second-order valence-electron chi connectivity index (χ2n) is 5.32. The van der Waals surface area contributed by atoms with E-state index >= 15 is 0 Å². The van der Waals surface area contributed by atoms with E-state index in [1.54, 1.807) is 50.0 Å². The zero-order valence-corrected chi connectivity index (χ0v) is 13.6. The Labute approximate surface area is 144 Å². The van der Waals surface area contributed by atoms with E-state index in [-0.39, 0.29) is 18.8 Å². The quantitative estimate of drug-likeness (QED) is 0.686. The highest BCUT2D eigenvalue weighted by Crippen LogP contribution is 2.18. The standard InChI is InChI=1S/C18H16N4O3/c1-25-15-4-12(8-19-9-15)5-18(24)17-7-16(21-11-22-17)13-2-3-20-14(6-13)10-23/h2-4,6-9,11,23H,5,10H2,1H3. The smallest absolute Gasteiger partial charge is 0.185 e. The third-order valence-electron chi connectivity index (χ3n) is 3.60. The summed E-state index contributed by atoms with van der Waals surface area (Å²) in [5.41, 5.74) is 2.95. The number of aliphatic hydroxyl groups excluding tert-OH is 1. The van der Waals surface area contributed by atoms with Crippen molar-refractivity contribution in [1.82, 2.24) is 19.9 Å². The number of rotatable bonds is 6. The van der Waals surface area contributed by atoms with Crippen molar-refractivity contribution >= 4 is 5.78 Å². The number of nitrogens with zero attached hydrogens (tertiary/aromatic N) is 4. The highest BCUT2D eigenvalue weighted by Gasteiger charge is 2.12. The molecule has 0 unspecified atom stereocenters. The molecule has 0 amide bonds. The molecule has 0 aromatic carbocycles. The van der Waals surface area contributed by atoms with Gasteiger partial charge in [-0.1, -0.05) is 0 Å². The van der Waals surface area contributed by atoms with Gasteiger partial charge < -0.3 is 9.84 Å². The summed E-state index contributed by atoms with van der Waals surface area (Å²) in [6.07, 6.45) is 6.31. The van der Waals surface area contributed by atoms with Crippen LogP contribution in [0.3, 0.4) is 0 Å². The van der Waals surface area contributed by atoms with Crippen molar-refractivity contribution in [3.63, 3.8) is 0 Å². The number of hydrogen-bond acceptors (Lipinski definition) is 7. The fraction of sp³-hybridized carbons (Fsp3) is 0.167. The Morgan fingerprint density at radius 2 is 2.04 bits per heavy atom. The van der Waals surface area contributed by atoms with Crippen LogP contribution in [-0.4, -0.2) is 37.9 Å². The SMILES string of the molecule is COc1cncc(CC(=O)c2cc(-c3ccnc(CO)c3)ncn2)c1. The minimum absolute atomic E-state index is 0.143. The lowest BCUT2D eigenvalue weighted by atomic mass is 10.1. The Balaban J connectivity index is 1.84. The van der Waals surface area contributed by atoms with Gasteiger partial charge in [-0.2, -0.15) is 0 Å². The molecule has 3 aromatic rings. The van der Waals surface area contributed by atoms with E-state index < -0.39 is 0 Å². The Kier molecular flexibility index (Phi) is 5.06. The van der Waals surface area contributed by atoms with Crippen LogP contribution in [0.5, 0.6) is 5.75 Å². The van der Waals surface area contributed by atoms with Crippen LogP contribution in [-0.2, 0) is 13.0 Å². The largest absolute Gasteiger partial charge is 0.495 e. The molecule has 0 bridgehead atoms. The number of carbonyl (C=O) groups is 1. The molecule has 0 atom stereocenters. The molecule has 3 rings (SSSR count). The van der Waals surface area contributed by atoms with Gasteiger partial charge in [0.2, 0.25) is 0 Å². The lowest BCUT2D eigenvalue weighted by Gasteiger charge is -2.06. The summed E-state index contributed by atoms with van der Waals surface area (Å²) in [6, 6.07) is 6.89. The molecular weight excluding hydrogens is 320 g/mol. The molecule has 7 nitrogen and oxygen atoms in total. The van der Waals surface area contributed by atoms with Crippen LogP contribution in [0.4, 0.5) is 0 Å². The summed E-state index contributed by atoms with van der Waals surface area (Å²) >= 11 is 0. The van der Waals surface area contributed by atoms with E-state index in [1.807, 2.05) is 0 Å². The van der Waals surface area contributed by atoms with Gasteiger partial charge in [0.15, 0.2) is 5.78 Å². The molecule has 0 aliphatic rings. The minimum Gasteiger partial charge on any atom is -0.495 e. The molecule has 3 heterocycles. The summed E-state index contributed by atoms with van der Waals surface area (Å²) in [7, 11) is 1.55. The predicted molar refractivity (Wildman–Crippen MR) is 90.0 cm³/mol. The van der Waals surface area contributed by atoms with Gasteiger partial charge in [-0.15, -0.1) is 0 Å². The monoisotopic (exact) mass is 336 g/mol. The molecule has 1 N–H and O–H groups in total. The van der Waals surface area contributed by atoms with Crippen molar-refractivity contribution in [2.45, 2.75) is 13.0 Å². The summed E-state index contributed by atoms with van der Waals surface area (Å²) in [4.78, 5) is 28.9. The van der Waals surface area contributed by atoms with Crippen molar-refractivity contribution in [3.05, 3.63) is 66.1 Å². The first kappa shape index (κ1) is 16.7. The fourth-order valence-electron chi connectivity index (χ4n) is 2.34. The van der Waals surface area contributed by atoms with Gasteiger partial charge in [-0.05, 0) is 29.8 Å². The van der Waals surface area contributed by atoms with Gasteiger partial charge in [-0.3, -0.25) is 14.8 Å². The molecule has 0 spiro atoms. The molecule has 3 aromatic heterocycles. The summed E-state index contributed by atoms with van der Waals surface area (Å²) in [5.74, 6) is 0.456. The van der Waals surface area contributed by atoms with Crippen LogP contribution in [0, 0.1) is 0 Å². The van der Waals surface area contributed by atoms with Crippen molar-refractivity contribution in [2.75, 3.05) is 7.11 Å². The molecule has 0 fully saturated rings. The number of ether oxygens (including phenoxy) is 1. The number of aromatic nitrogens is 4. The van der Waals surface area contributed by atoms with Gasteiger partial charge in [-0.25, -0.2) is 9.97 Å². The summed E-state index contributed by atoms with van der Waals surface area (Å²) in [6.45, 7) is -0.159. The normalized spacial score (nSPS) is 10.5. The molecule has 0 aliphatic carbocycles. The van der Waals surface area contributed by atoms with Gasteiger partial charge in [0.25, 0.3) is 0 Å². The van der Waals surface area contributed by atoms with Gasteiger partial charge in [0.1, 0.15) is 17.8 Å². The van der Waals surface area contributed by atoms with Gasteiger partial charge in [0, 0.05) is 24.4 Å². The van der Waals surface area contributed by atoms with Crippen LogP contribution < -0.4 is 4.74 Å². The third-order valence-corrected chi connectivity index (χ3v) is 3.60. The number of ketones is 1. The van der Waals surface area contributed by atoms with E-state index in [4.69, 9.17) is 4.74 Å². The Morgan fingerprint density at radius 1 is 1.16 bits per heavy atom. The Bertz CT molecular complexity index is 899. The zero-order valence-electron chi connectivity index (χ0n) is 13.6. The lowest BCUT2D eigenvalue weighted by molar-refractivity contribution is 0.0988. The number of carbonyl (C=O) groups excluding carboxylic acids is 1. The van der Waals surface area contributed by atoms with Gasteiger partial charge in [0.05, 0.1) is 31.3 Å². The number of pyridine rings is 2.